The molecule has 4 unspecified atom stereocenters. The van der Waals surface area contributed by atoms with Gasteiger partial charge in [0.2, 0.25) is 0 Å². The molecule has 1 fully saturated rings. The molecule has 19 heavy (non-hydrogen) atoms. The molecule has 6 heteroatoms. The Morgan fingerprint density at radius 3 is 2.79 bits per heavy atom. The maximum atomic E-state index is 11.7. The van der Waals surface area contributed by atoms with E-state index in [0.717, 1.165) is 0 Å². The molecule has 0 aromatic carbocycles. The number of esters is 1. The van der Waals surface area contributed by atoms with Gasteiger partial charge in [-0.2, -0.15) is 0 Å². The lowest BCUT2D eigenvalue weighted by atomic mass is 9.96. The van der Waals surface area contributed by atoms with Crippen molar-refractivity contribution >= 4 is 5.97 Å². The normalized spacial score (nSPS) is 30.3. The summed E-state index contributed by atoms with van der Waals surface area (Å²) in [6, 6.07) is 3.18. The molecule has 0 spiro atoms. The van der Waals surface area contributed by atoms with Gasteiger partial charge in [0.1, 0.15) is 0 Å². The zero-order valence-electron chi connectivity index (χ0n) is 10.6. The molecule has 1 aliphatic carbocycles. The second kappa shape index (κ2) is 5.64. The van der Waals surface area contributed by atoms with Gasteiger partial charge in [0.25, 0.3) is 0 Å². The average molecular weight is 267 g/mol. The largest absolute Gasteiger partial charge is 0.465 e. The third-order valence-electron chi connectivity index (χ3n) is 3.63. The molecule has 3 N–H and O–H groups in total. The minimum atomic E-state index is -1.05. The van der Waals surface area contributed by atoms with Gasteiger partial charge < -0.3 is 20.1 Å². The smallest absolute Gasteiger partial charge is 0.339 e. The topological polar surface area (TPSA) is 99.9 Å². The van der Waals surface area contributed by atoms with E-state index in [1.807, 2.05) is 0 Å². The van der Waals surface area contributed by atoms with Gasteiger partial charge in [-0.05, 0) is 18.6 Å². The maximum absolute atomic E-state index is 11.7. The van der Waals surface area contributed by atoms with Crippen molar-refractivity contribution < 1.29 is 24.9 Å². The summed E-state index contributed by atoms with van der Waals surface area (Å²) in [5.74, 6) is -1.42. The van der Waals surface area contributed by atoms with E-state index >= 15 is 0 Å². The summed E-state index contributed by atoms with van der Waals surface area (Å²) >= 11 is 0. The van der Waals surface area contributed by atoms with Gasteiger partial charge in [-0.1, -0.05) is 0 Å². The molecule has 0 amide bonds. The first-order valence-corrected chi connectivity index (χ1v) is 6.10. The molecule has 1 saturated carbocycles. The lowest BCUT2D eigenvalue weighted by molar-refractivity contribution is 0.00188. The summed E-state index contributed by atoms with van der Waals surface area (Å²) in [5, 5.41) is 29.0. The molecule has 2 rings (SSSR count). The Hall–Kier alpha value is -1.50. The highest BCUT2D eigenvalue weighted by atomic mass is 16.5. The number of methoxy groups -OCH3 is 1. The van der Waals surface area contributed by atoms with Crippen LogP contribution < -0.4 is 0 Å². The fourth-order valence-corrected chi connectivity index (χ4v) is 2.57. The number of aromatic nitrogens is 1. The lowest BCUT2D eigenvalue weighted by Crippen LogP contribution is -2.29. The van der Waals surface area contributed by atoms with Gasteiger partial charge in [-0.15, -0.1) is 0 Å². The highest BCUT2D eigenvalue weighted by molar-refractivity contribution is 5.90. The first-order chi connectivity index (χ1) is 9.10. The molecule has 4 atom stereocenters. The van der Waals surface area contributed by atoms with E-state index in [0.29, 0.717) is 12.1 Å². The van der Waals surface area contributed by atoms with E-state index in [9.17, 15) is 15.0 Å². The summed E-state index contributed by atoms with van der Waals surface area (Å²) < 4.78 is 4.68. The van der Waals surface area contributed by atoms with E-state index < -0.39 is 30.0 Å². The van der Waals surface area contributed by atoms with Crippen LogP contribution in [-0.4, -0.2) is 52.2 Å². The van der Waals surface area contributed by atoms with Gasteiger partial charge in [0, 0.05) is 24.6 Å². The van der Waals surface area contributed by atoms with Crippen LogP contribution in [0.1, 0.15) is 28.4 Å². The molecule has 1 aromatic rings. The second-order valence-electron chi connectivity index (χ2n) is 4.69. The van der Waals surface area contributed by atoms with Crippen LogP contribution in [0, 0.1) is 5.92 Å². The van der Waals surface area contributed by atoms with E-state index in [4.69, 9.17) is 5.11 Å². The number of nitrogens with zero attached hydrogens (tertiary/aromatic N) is 1. The Bertz CT molecular complexity index is 464. The first kappa shape index (κ1) is 13.9. The second-order valence-corrected chi connectivity index (χ2v) is 4.69. The van der Waals surface area contributed by atoms with Crippen LogP contribution in [0.4, 0.5) is 0 Å². The summed E-state index contributed by atoms with van der Waals surface area (Å²) in [4.78, 5) is 15.8. The molecular weight excluding hydrogens is 250 g/mol. The van der Waals surface area contributed by atoms with Crippen LogP contribution in [0.3, 0.4) is 0 Å². The summed E-state index contributed by atoms with van der Waals surface area (Å²) in [6.07, 6.45) is -0.162. The molecule has 1 aromatic heterocycles. The minimum absolute atomic E-state index is 0.213. The third kappa shape index (κ3) is 2.47. The van der Waals surface area contributed by atoms with Crippen LogP contribution >= 0.6 is 0 Å². The molecular formula is C13H17NO5. The van der Waals surface area contributed by atoms with Crippen molar-refractivity contribution in [1.29, 1.82) is 0 Å². The summed E-state index contributed by atoms with van der Waals surface area (Å²) in [5.41, 5.74) is 0.677. The number of hydrogen-bond acceptors (Lipinski definition) is 6. The molecule has 0 radical (unpaired) electrons. The van der Waals surface area contributed by atoms with Crippen molar-refractivity contribution in [2.45, 2.75) is 24.5 Å². The molecule has 1 heterocycles. The SMILES string of the molecule is COC(=O)c1cccnc1C1CC(CO)C(O)C1O. The monoisotopic (exact) mass is 267 g/mol. The Morgan fingerprint density at radius 2 is 2.21 bits per heavy atom. The van der Waals surface area contributed by atoms with Crippen molar-refractivity contribution in [3.8, 4) is 0 Å². The van der Waals surface area contributed by atoms with Crippen molar-refractivity contribution in [2.75, 3.05) is 13.7 Å². The Labute approximate surface area is 110 Å². The number of rotatable bonds is 3. The molecule has 1 aliphatic rings. The van der Waals surface area contributed by atoms with Crippen LogP contribution in [0.15, 0.2) is 18.3 Å². The summed E-state index contributed by atoms with van der Waals surface area (Å²) in [6.45, 7) is -0.213. The van der Waals surface area contributed by atoms with Crippen molar-refractivity contribution in [1.82, 2.24) is 4.98 Å². The highest BCUT2D eigenvalue weighted by Gasteiger charge is 2.43. The van der Waals surface area contributed by atoms with Gasteiger partial charge in [0.05, 0.1) is 30.6 Å². The number of pyridine rings is 1. The van der Waals surface area contributed by atoms with Crippen LogP contribution in [0.2, 0.25) is 0 Å². The van der Waals surface area contributed by atoms with Crippen molar-refractivity contribution in [2.24, 2.45) is 5.92 Å². The predicted octanol–water partition coefficient (Wildman–Crippen LogP) is -0.314. The first-order valence-electron chi connectivity index (χ1n) is 6.10. The van der Waals surface area contributed by atoms with Gasteiger partial charge >= 0.3 is 5.97 Å². The number of carbonyl (C=O) groups is 1. The Kier molecular flexibility index (Phi) is 4.14. The van der Waals surface area contributed by atoms with Gasteiger partial charge in [-0.3, -0.25) is 4.98 Å². The minimum Gasteiger partial charge on any atom is -0.465 e. The number of aliphatic hydroxyl groups excluding tert-OH is 3. The van der Waals surface area contributed by atoms with Gasteiger partial charge in [0.15, 0.2) is 0 Å². The van der Waals surface area contributed by atoms with Gasteiger partial charge in [-0.25, -0.2) is 4.79 Å². The predicted molar refractivity (Wildman–Crippen MR) is 65.5 cm³/mol. The molecule has 0 saturated heterocycles. The molecule has 6 nitrogen and oxygen atoms in total. The lowest BCUT2D eigenvalue weighted by Gasteiger charge is -2.17. The standard InChI is InChI=1S/C13H17NO5/c1-19-13(18)8-3-2-4-14-10(8)9-5-7(6-15)11(16)12(9)17/h2-4,7,9,11-12,15-17H,5-6H2,1H3. The molecule has 104 valence electrons. The fraction of sp³-hybridized carbons (Fsp3) is 0.538. The number of ether oxygens (including phenoxy) is 1. The number of aliphatic hydroxyl groups is 3. The fourth-order valence-electron chi connectivity index (χ4n) is 2.57. The zero-order valence-corrected chi connectivity index (χ0v) is 10.6. The van der Waals surface area contributed by atoms with Crippen LogP contribution in [-0.2, 0) is 4.74 Å². The van der Waals surface area contributed by atoms with E-state index in [1.54, 1.807) is 12.1 Å². The maximum Gasteiger partial charge on any atom is 0.339 e. The number of carbonyl (C=O) groups excluding carboxylic acids is 1. The van der Waals surface area contributed by atoms with E-state index in [-0.39, 0.29) is 12.2 Å². The quantitative estimate of drug-likeness (QED) is 0.649. The summed E-state index contributed by atoms with van der Waals surface area (Å²) in [7, 11) is 1.27. The van der Waals surface area contributed by atoms with Crippen molar-refractivity contribution in [3.05, 3.63) is 29.6 Å². The van der Waals surface area contributed by atoms with E-state index in [2.05, 4.69) is 9.72 Å². The molecule has 0 aliphatic heterocycles. The zero-order chi connectivity index (χ0) is 14.0. The van der Waals surface area contributed by atoms with Crippen LogP contribution in [0.25, 0.3) is 0 Å². The average Bonchev–Trinajstić information content (AvgIpc) is 2.74. The molecule has 0 bridgehead atoms. The highest BCUT2D eigenvalue weighted by Crippen LogP contribution is 2.39. The van der Waals surface area contributed by atoms with Crippen LogP contribution in [0.5, 0.6) is 0 Å². The Balaban J connectivity index is 2.35. The van der Waals surface area contributed by atoms with Crippen molar-refractivity contribution in [3.63, 3.8) is 0 Å². The number of hydrogen-bond donors (Lipinski definition) is 3. The van der Waals surface area contributed by atoms with E-state index in [1.165, 1.54) is 13.3 Å². The Morgan fingerprint density at radius 1 is 1.47 bits per heavy atom. The third-order valence-corrected chi connectivity index (χ3v) is 3.63.